The molecule has 1 N–H and O–H groups in total. The lowest BCUT2D eigenvalue weighted by atomic mass is 10.2. The van der Waals surface area contributed by atoms with Crippen molar-refractivity contribution in [3.05, 3.63) is 58.5 Å². The molecule has 3 aromatic rings. The third kappa shape index (κ3) is 2.08. The van der Waals surface area contributed by atoms with Crippen LogP contribution in [0.15, 0.2) is 42.9 Å². The fraction of sp³-hybridized carbons (Fsp3) is 0. The predicted molar refractivity (Wildman–Crippen MR) is 72.5 cm³/mol. The highest BCUT2D eigenvalue weighted by Gasteiger charge is 2.16. The van der Waals surface area contributed by atoms with E-state index in [1.807, 2.05) is 0 Å². The van der Waals surface area contributed by atoms with Crippen LogP contribution < -0.4 is 0 Å². The minimum absolute atomic E-state index is 0.0333. The quantitative estimate of drug-likeness (QED) is 0.581. The van der Waals surface area contributed by atoms with Crippen molar-refractivity contribution >= 4 is 22.6 Å². The Morgan fingerprint density at radius 3 is 2.81 bits per heavy atom. The molecule has 3 rings (SSSR count). The summed E-state index contributed by atoms with van der Waals surface area (Å²) in [5, 5.41) is 24.8. The van der Waals surface area contributed by atoms with Crippen molar-refractivity contribution in [2.75, 3.05) is 0 Å². The number of carboxylic acids is 1. The maximum absolute atomic E-state index is 11.2. The van der Waals surface area contributed by atoms with Gasteiger partial charge in [0.15, 0.2) is 0 Å². The van der Waals surface area contributed by atoms with Gasteiger partial charge in [-0.1, -0.05) is 0 Å². The van der Waals surface area contributed by atoms with Gasteiger partial charge in [0.25, 0.3) is 5.69 Å². The third-order valence-electron chi connectivity index (χ3n) is 3.02. The van der Waals surface area contributed by atoms with E-state index in [4.69, 9.17) is 0 Å². The maximum Gasteiger partial charge on any atom is 0.339 e. The Morgan fingerprint density at radius 1 is 1.29 bits per heavy atom. The molecule has 0 aliphatic heterocycles. The molecule has 0 aliphatic carbocycles. The van der Waals surface area contributed by atoms with E-state index in [1.54, 1.807) is 6.07 Å². The number of carboxylic acid groups (broad SMARTS) is 1. The number of rotatable bonds is 3. The van der Waals surface area contributed by atoms with Gasteiger partial charge < -0.3 is 5.11 Å². The first-order valence-electron chi connectivity index (χ1n) is 5.88. The number of non-ortho nitro benzene ring substituents is 1. The molecule has 1 aromatic carbocycles. The molecule has 0 fully saturated rings. The van der Waals surface area contributed by atoms with Crippen LogP contribution >= 0.6 is 0 Å². The van der Waals surface area contributed by atoms with Gasteiger partial charge in [-0.3, -0.25) is 15.1 Å². The minimum atomic E-state index is -1.15. The molecular formula is C13H8N4O4. The summed E-state index contributed by atoms with van der Waals surface area (Å²) in [5.74, 6) is -1.15. The number of nitrogens with zero attached hydrogens (tertiary/aromatic N) is 4. The van der Waals surface area contributed by atoms with E-state index in [2.05, 4.69) is 10.1 Å². The van der Waals surface area contributed by atoms with Gasteiger partial charge >= 0.3 is 5.97 Å². The normalized spacial score (nSPS) is 10.7. The average Bonchev–Trinajstić information content (AvgIpc) is 2.89. The van der Waals surface area contributed by atoms with E-state index in [1.165, 1.54) is 41.5 Å². The van der Waals surface area contributed by atoms with E-state index in [0.717, 1.165) is 0 Å². The zero-order valence-electron chi connectivity index (χ0n) is 10.5. The summed E-state index contributed by atoms with van der Waals surface area (Å²) in [4.78, 5) is 25.4. The van der Waals surface area contributed by atoms with Crippen LogP contribution in [0.2, 0.25) is 0 Å². The molecule has 0 atom stereocenters. The molecule has 21 heavy (non-hydrogen) atoms. The van der Waals surface area contributed by atoms with Crippen molar-refractivity contribution in [2.45, 2.75) is 0 Å². The zero-order chi connectivity index (χ0) is 15.0. The summed E-state index contributed by atoms with van der Waals surface area (Å²) in [7, 11) is 0. The molecule has 0 amide bonds. The lowest BCUT2D eigenvalue weighted by molar-refractivity contribution is -0.384. The number of pyridine rings is 1. The van der Waals surface area contributed by atoms with Gasteiger partial charge in [-0.15, -0.1) is 0 Å². The minimum Gasteiger partial charge on any atom is -0.478 e. The van der Waals surface area contributed by atoms with Crippen LogP contribution in [0.5, 0.6) is 0 Å². The van der Waals surface area contributed by atoms with Gasteiger partial charge in [0.05, 0.1) is 22.3 Å². The van der Waals surface area contributed by atoms with E-state index < -0.39 is 10.9 Å². The van der Waals surface area contributed by atoms with Crippen LogP contribution in [0.25, 0.3) is 16.6 Å². The molecule has 2 aromatic heterocycles. The fourth-order valence-corrected chi connectivity index (χ4v) is 2.05. The Morgan fingerprint density at radius 2 is 2.10 bits per heavy atom. The van der Waals surface area contributed by atoms with E-state index in [-0.39, 0.29) is 11.3 Å². The van der Waals surface area contributed by atoms with Gasteiger partial charge in [0.1, 0.15) is 5.56 Å². The van der Waals surface area contributed by atoms with Gasteiger partial charge in [-0.05, 0) is 12.1 Å². The third-order valence-corrected chi connectivity index (χ3v) is 3.02. The lowest BCUT2D eigenvalue weighted by Crippen LogP contribution is -2.07. The Bertz CT molecular complexity index is 871. The van der Waals surface area contributed by atoms with Gasteiger partial charge in [0, 0.05) is 29.9 Å². The Balaban J connectivity index is 2.28. The molecule has 0 radical (unpaired) electrons. The van der Waals surface area contributed by atoms with Crippen LogP contribution in [0.3, 0.4) is 0 Å². The van der Waals surface area contributed by atoms with E-state index >= 15 is 0 Å². The first-order chi connectivity index (χ1) is 10.1. The topological polar surface area (TPSA) is 111 Å². The second-order valence-corrected chi connectivity index (χ2v) is 4.25. The van der Waals surface area contributed by atoms with Crippen molar-refractivity contribution in [1.29, 1.82) is 0 Å². The van der Waals surface area contributed by atoms with E-state index in [9.17, 15) is 20.0 Å². The molecule has 8 nitrogen and oxygen atoms in total. The number of nitro benzene ring substituents is 1. The number of aromatic carboxylic acids is 1. The highest BCUT2D eigenvalue weighted by molar-refractivity contribution is 5.93. The van der Waals surface area contributed by atoms with Crippen molar-refractivity contribution in [3.63, 3.8) is 0 Å². The first-order valence-corrected chi connectivity index (χ1v) is 5.88. The smallest absolute Gasteiger partial charge is 0.339 e. The number of fused-ring (bicyclic) bond motifs is 1. The second-order valence-electron chi connectivity index (χ2n) is 4.25. The number of carbonyl (C=O) groups is 1. The number of hydrogen-bond donors (Lipinski definition) is 1. The molecule has 0 unspecified atom stereocenters. The number of hydrogen-bond acceptors (Lipinski definition) is 5. The number of benzene rings is 1. The summed E-state index contributed by atoms with van der Waals surface area (Å²) in [5.41, 5.74) is 0.634. The molecule has 0 aliphatic rings. The monoisotopic (exact) mass is 284 g/mol. The molecule has 104 valence electrons. The number of aromatic nitrogens is 3. The number of nitro groups is 1. The van der Waals surface area contributed by atoms with Crippen molar-refractivity contribution in [3.8, 4) is 5.69 Å². The molecule has 0 spiro atoms. The molecule has 0 saturated carbocycles. The van der Waals surface area contributed by atoms with E-state index in [0.29, 0.717) is 16.6 Å². The Hall–Kier alpha value is -3.29. The predicted octanol–water partition coefficient (Wildman–Crippen LogP) is 2.03. The highest BCUT2D eigenvalue weighted by atomic mass is 16.6. The molecular weight excluding hydrogens is 276 g/mol. The highest BCUT2D eigenvalue weighted by Crippen LogP contribution is 2.24. The summed E-state index contributed by atoms with van der Waals surface area (Å²) < 4.78 is 1.35. The maximum atomic E-state index is 11.2. The van der Waals surface area contributed by atoms with Gasteiger partial charge in [-0.25, -0.2) is 9.48 Å². The van der Waals surface area contributed by atoms with Crippen LogP contribution in [-0.2, 0) is 0 Å². The fourth-order valence-electron chi connectivity index (χ4n) is 2.05. The van der Waals surface area contributed by atoms with Gasteiger partial charge in [-0.2, -0.15) is 5.10 Å². The van der Waals surface area contributed by atoms with Crippen molar-refractivity contribution in [2.24, 2.45) is 0 Å². The van der Waals surface area contributed by atoms with Crippen LogP contribution in [0.1, 0.15) is 10.4 Å². The lowest BCUT2D eigenvalue weighted by Gasteiger charge is -2.06. The zero-order valence-corrected chi connectivity index (χ0v) is 10.5. The first kappa shape index (κ1) is 12.7. The standard InChI is InChI=1S/C13H8N4O4/c18-13(19)10-7-14-4-3-11(10)16-12-5-9(17(20)21)2-1-8(12)6-15-16/h1-7H,(H,18,19). The molecule has 8 heteroatoms. The molecule has 0 saturated heterocycles. The molecule has 0 bridgehead atoms. The summed E-state index contributed by atoms with van der Waals surface area (Å²) >= 11 is 0. The largest absolute Gasteiger partial charge is 0.478 e. The molecule has 2 heterocycles. The van der Waals surface area contributed by atoms with Crippen LogP contribution in [0.4, 0.5) is 5.69 Å². The van der Waals surface area contributed by atoms with Crippen LogP contribution in [-0.4, -0.2) is 30.8 Å². The van der Waals surface area contributed by atoms with Crippen LogP contribution in [0, 0.1) is 10.1 Å². The summed E-state index contributed by atoms with van der Waals surface area (Å²) in [6.45, 7) is 0. The Labute approximate surface area is 117 Å². The second kappa shape index (κ2) is 4.67. The summed E-state index contributed by atoms with van der Waals surface area (Å²) in [6.07, 6.45) is 4.17. The van der Waals surface area contributed by atoms with Gasteiger partial charge in [0.2, 0.25) is 0 Å². The average molecular weight is 284 g/mol. The SMILES string of the molecule is O=C(O)c1cnccc1-n1ncc2ccc([N+](=O)[O-])cc21. The Kier molecular flexibility index (Phi) is 2.83. The van der Waals surface area contributed by atoms with Crippen molar-refractivity contribution in [1.82, 2.24) is 14.8 Å². The summed E-state index contributed by atoms with van der Waals surface area (Å²) in [6, 6.07) is 5.79. The van der Waals surface area contributed by atoms with Crippen molar-refractivity contribution < 1.29 is 14.8 Å².